The van der Waals surface area contributed by atoms with Gasteiger partial charge in [0.2, 0.25) is 11.2 Å². The van der Waals surface area contributed by atoms with E-state index in [1.807, 2.05) is 24.3 Å². The lowest BCUT2D eigenvalue weighted by molar-refractivity contribution is 0.683. The van der Waals surface area contributed by atoms with Crippen molar-refractivity contribution in [2.45, 2.75) is 0 Å². The van der Waals surface area contributed by atoms with Gasteiger partial charge in [0.25, 0.3) is 0 Å². The molecule has 62 valence electrons. The third kappa shape index (κ3) is 1.04. The number of fused-ring (bicyclic) bond motifs is 1. The first-order chi connectivity index (χ1) is 5.79. The zero-order valence-corrected chi connectivity index (χ0v) is 7.41. The molecule has 0 N–H and O–H groups in total. The van der Waals surface area contributed by atoms with E-state index < -0.39 is 11.2 Å². The summed E-state index contributed by atoms with van der Waals surface area (Å²) >= 11 is -1.24. The van der Waals surface area contributed by atoms with Crippen molar-refractivity contribution in [1.29, 1.82) is 0 Å². The van der Waals surface area contributed by atoms with Crippen LogP contribution in [0.2, 0.25) is 0 Å². The molecule has 3 nitrogen and oxygen atoms in total. The van der Waals surface area contributed by atoms with Crippen molar-refractivity contribution in [3.8, 4) is 0 Å². The van der Waals surface area contributed by atoms with Crippen LogP contribution in [0.1, 0.15) is 5.56 Å². The molecule has 12 heavy (non-hydrogen) atoms. The van der Waals surface area contributed by atoms with Gasteiger partial charge < -0.3 is 0 Å². The Labute approximate surface area is 73.5 Å². The summed E-state index contributed by atoms with van der Waals surface area (Å²) in [5.74, 6) is 0. The van der Waals surface area contributed by atoms with Crippen LogP contribution in [-0.4, -0.2) is 17.5 Å². The van der Waals surface area contributed by atoms with Gasteiger partial charge in [-0.15, -0.1) is 0 Å². The molecule has 0 fully saturated rings. The monoisotopic (exact) mass is 180 g/mol. The largest absolute Gasteiger partial charge is 0.275 e. The molecule has 0 saturated carbocycles. The molecule has 0 amide bonds. The lowest BCUT2D eigenvalue weighted by Gasteiger charge is -2.20. The summed E-state index contributed by atoms with van der Waals surface area (Å²) in [5, 5.41) is 0. The number of anilines is 1. The molecule has 0 bridgehead atoms. The molecule has 0 spiro atoms. The summed E-state index contributed by atoms with van der Waals surface area (Å²) in [5.41, 5.74) is 1.98. The van der Waals surface area contributed by atoms with Crippen LogP contribution >= 0.6 is 0 Å². The van der Waals surface area contributed by atoms with E-state index >= 15 is 0 Å². The first kappa shape index (κ1) is 7.49. The fourth-order valence-corrected chi connectivity index (χ4v) is 1.82. The summed E-state index contributed by atoms with van der Waals surface area (Å²) in [6.07, 6.45) is 1.64. The molecular formula is C8H8N2OS. The Balaban J connectivity index is 2.59. The van der Waals surface area contributed by atoms with E-state index in [-0.39, 0.29) is 0 Å². The van der Waals surface area contributed by atoms with E-state index in [2.05, 4.69) is 4.40 Å². The Morgan fingerprint density at radius 2 is 2.17 bits per heavy atom. The van der Waals surface area contributed by atoms with Gasteiger partial charge in [0.05, 0.1) is 5.69 Å². The van der Waals surface area contributed by atoms with Crippen molar-refractivity contribution >= 4 is 23.1 Å². The minimum Gasteiger partial charge on any atom is -0.275 e. The molecule has 2 rings (SSSR count). The Hall–Kier alpha value is -1.16. The van der Waals surface area contributed by atoms with Crippen molar-refractivity contribution in [2.24, 2.45) is 4.40 Å². The molecule has 0 aliphatic carbocycles. The molecule has 1 unspecified atom stereocenters. The lowest BCUT2D eigenvalue weighted by Crippen LogP contribution is -2.22. The van der Waals surface area contributed by atoms with Gasteiger partial charge in [-0.1, -0.05) is 18.2 Å². The van der Waals surface area contributed by atoms with Crippen molar-refractivity contribution in [3.05, 3.63) is 29.8 Å². The van der Waals surface area contributed by atoms with E-state index in [4.69, 9.17) is 0 Å². The van der Waals surface area contributed by atoms with E-state index in [9.17, 15) is 4.21 Å². The van der Waals surface area contributed by atoms with Crippen LogP contribution in [0.3, 0.4) is 0 Å². The van der Waals surface area contributed by atoms with Crippen LogP contribution in [0.4, 0.5) is 5.69 Å². The quantitative estimate of drug-likeness (QED) is 0.589. The third-order valence-electron chi connectivity index (χ3n) is 1.79. The maximum Gasteiger partial charge on any atom is 0.245 e. The lowest BCUT2D eigenvalue weighted by atomic mass is 10.2. The standard InChI is InChI=1S/C8H8N2OS/c1-10-8-5-3-2-4-7(8)6-9-12(10)11/h2-6H,1H3. The predicted molar refractivity (Wildman–Crippen MR) is 50.6 cm³/mol. The van der Waals surface area contributed by atoms with Crippen LogP contribution in [0.5, 0.6) is 0 Å². The van der Waals surface area contributed by atoms with Crippen molar-refractivity contribution in [3.63, 3.8) is 0 Å². The van der Waals surface area contributed by atoms with Gasteiger partial charge in [0.15, 0.2) is 0 Å². The minimum atomic E-state index is -1.24. The summed E-state index contributed by atoms with van der Waals surface area (Å²) < 4.78 is 16.7. The first-order valence-electron chi connectivity index (χ1n) is 3.58. The fraction of sp³-hybridized carbons (Fsp3) is 0.125. The number of hydrogen-bond acceptors (Lipinski definition) is 1. The number of nitrogens with zero attached hydrogens (tertiary/aromatic N) is 2. The van der Waals surface area contributed by atoms with Crippen molar-refractivity contribution in [2.75, 3.05) is 11.4 Å². The molecule has 0 aromatic heterocycles. The van der Waals surface area contributed by atoms with Gasteiger partial charge in [0, 0.05) is 18.8 Å². The van der Waals surface area contributed by atoms with Gasteiger partial charge in [-0.05, 0) is 6.07 Å². The van der Waals surface area contributed by atoms with E-state index in [0.29, 0.717) is 0 Å². The molecule has 4 heteroatoms. The highest BCUT2D eigenvalue weighted by atomic mass is 32.2. The molecule has 1 aliphatic rings. The molecule has 1 aromatic carbocycles. The number of rotatable bonds is 0. The molecule has 1 heterocycles. The van der Waals surface area contributed by atoms with Crippen LogP contribution in [-0.2, 0) is 11.2 Å². The third-order valence-corrected chi connectivity index (χ3v) is 2.74. The first-order valence-corrected chi connectivity index (χ1v) is 4.64. The minimum absolute atomic E-state index is 0.964. The summed E-state index contributed by atoms with van der Waals surface area (Å²) in [7, 11) is 1.77. The van der Waals surface area contributed by atoms with E-state index in [1.54, 1.807) is 17.6 Å². The van der Waals surface area contributed by atoms with E-state index in [0.717, 1.165) is 11.3 Å². The van der Waals surface area contributed by atoms with Gasteiger partial charge in [-0.3, -0.25) is 4.31 Å². The fourth-order valence-electron chi connectivity index (χ4n) is 1.14. The highest BCUT2D eigenvalue weighted by Gasteiger charge is 2.14. The van der Waals surface area contributed by atoms with Crippen LogP contribution in [0, 0.1) is 0 Å². The van der Waals surface area contributed by atoms with Gasteiger partial charge in [-0.25, -0.2) is 4.21 Å². The maximum atomic E-state index is 11.2. The van der Waals surface area contributed by atoms with Crippen LogP contribution in [0.15, 0.2) is 28.7 Å². The Morgan fingerprint density at radius 3 is 3.00 bits per heavy atom. The number of hydrogen-bond donors (Lipinski definition) is 0. The van der Waals surface area contributed by atoms with Crippen LogP contribution in [0.25, 0.3) is 0 Å². The van der Waals surface area contributed by atoms with Gasteiger partial charge in [0.1, 0.15) is 0 Å². The average Bonchev–Trinajstić information content (AvgIpc) is 2.12. The highest BCUT2D eigenvalue weighted by Crippen LogP contribution is 2.22. The summed E-state index contributed by atoms with van der Waals surface area (Å²) in [4.78, 5) is 0. The van der Waals surface area contributed by atoms with Crippen molar-refractivity contribution in [1.82, 2.24) is 0 Å². The summed E-state index contributed by atoms with van der Waals surface area (Å²) in [6.45, 7) is 0. The zero-order chi connectivity index (χ0) is 8.55. The molecule has 1 atom stereocenters. The Morgan fingerprint density at radius 1 is 1.42 bits per heavy atom. The molecule has 1 aromatic rings. The van der Waals surface area contributed by atoms with Gasteiger partial charge in [-0.2, -0.15) is 4.40 Å². The van der Waals surface area contributed by atoms with E-state index in [1.165, 1.54) is 0 Å². The average molecular weight is 180 g/mol. The van der Waals surface area contributed by atoms with Crippen LogP contribution < -0.4 is 4.31 Å². The second-order valence-corrected chi connectivity index (χ2v) is 3.74. The molecule has 0 saturated heterocycles. The molecular weight excluding hydrogens is 172 g/mol. The SMILES string of the molecule is CN1c2ccccc2C=NS1=O. The zero-order valence-electron chi connectivity index (χ0n) is 6.60. The number of benzene rings is 1. The second-order valence-electron chi connectivity index (χ2n) is 2.52. The topological polar surface area (TPSA) is 32.7 Å². The highest BCUT2D eigenvalue weighted by molar-refractivity contribution is 7.85. The van der Waals surface area contributed by atoms with Gasteiger partial charge >= 0.3 is 0 Å². The molecule has 1 aliphatic heterocycles. The predicted octanol–water partition coefficient (Wildman–Crippen LogP) is 1.13. The maximum absolute atomic E-state index is 11.2. The smallest absolute Gasteiger partial charge is 0.245 e. The summed E-state index contributed by atoms with van der Waals surface area (Å²) in [6, 6.07) is 7.74. The Kier molecular flexibility index (Phi) is 1.69. The second kappa shape index (κ2) is 2.71. The Bertz CT molecular complexity index is 362. The van der Waals surface area contributed by atoms with Crippen molar-refractivity contribution < 1.29 is 4.21 Å². The molecule has 0 radical (unpaired) electrons. The normalized spacial score (nSPS) is 20.8. The number of para-hydroxylation sites is 1.